The van der Waals surface area contributed by atoms with Crippen LogP contribution in [0.15, 0.2) is 29.2 Å². The molecule has 0 spiro atoms. The number of aliphatic carboxylic acids is 1. The molecular weight excluding hydrogens is 340 g/mol. The van der Waals surface area contributed by atoms with Crippen molar-refractivity contribution in [2.75, 3.05) is 26.2 Å². The lowest BCUT2D eigenvalue weighted by Gasteiger charge is -2.37. The Morgan fingerprint density at radius 3 is 2.17 bits per heavy atom. The number of rotatable bonds is 5. The Hall–Kier alpha value is -1.15. The molecule has 2 aliphatic rings. The molecule has 8 heteroatoms. The lowest BCUT2D eigenvalue weighted by atomic mass is 10.1. The Kier molecular flexibility index (Phi) is 4.64. The minimum Gasteiger partial charge on any atom is -0.480 e. The fourth-order valence-corrected chi connectivity index (χ4v) is 4.59. The van der Waals surface area contributed by atoms with E-state index in [-0.39, 0.29) is 10.8 Å². The lowest BCUT2D eigenvalue weighted by molar-refractivity contribution is -0.144. The van der Waals surface area contributed by atoms with Gasteiger partial charge in [-0.05, 0) is 43.0 Å². The Morgan fingerprint density at radius 1 is 1.13 bits per heavy atom. The summed E-state index contributed by atoms with van der Waals surface area (Å²) in [4.78, 5) is 13.5. The van der Waals surface area contributed by atoms with Crippen molar-refractivity contribution in [3.8, 4) is 0 Å². The van der Waals surface area contributed by atoms with Crippen molar-refractivity contribution in [1.29, 1.82) is 0 Å². The molecule has 1 aromatic carbocycles. The number of benzene rings is 1. The van der Waals surface area contributed by atoms with Crippen LogP contribution in [0.2, 0.25) is 5.02 Å². The number of halogens is 1. The maximum atomic E-state index is 12.6. The van der Waals surface area contributed by atoms with Crippen molar-refractivity contribution in [2.45, 2.75) is 23.8 Å². The number of piperazine rings is 1. The van der Waals surface area contributed by atoms with E-state index in [0.29, 0.717) is 31.2 Å². The van der Waals surface area contributed by atoms with Gasteiger partial charge in [0.15, 0.2) is 0 Å². The van der Waals surface area contributed by atoms with E-state index in [4.69, 9.17) is 11.6 Å². The number of carboxylic acid groups (broad SMARTS) is 1. The second-order valence-corrected chi connectivity index (χ2v) is 8.39. The molecule has 1 saturated carbocycles. The van der Waals surface area contributed by atoms with E-state index in [1.807, 2.05) is 4.90 Å². The molecule has 1 atom stereocenters. The Balaban J connectivity index is 1.68. The van der Waals surface area contributed by atoms with Gasteiger partial charge in [0.05, 0.1) is 4.90 Å². The average molecular weight is 359 g/mol. The molecule has 0 aromatic heterocycles. The molecule has 1 unspecified atom stereocenters. The minimum absolute atomic E-state index is 0.215. The Bertz CT molecular complexity index is 680. The van der Waals surface area contributed by atoms with Gasteiger partial charge in [0.25, 0.3) is 0 Å². The topological polar surface area (TPSA) is 77.9 Å². The van der Waals surface area contributed by atoms with Crippen LogP contribution in [0.3, 0.4) is 0 Å². The predicted molar refractivity (Wildman–Crippen MR) is 85.9 cm³/mol. The predicted octanol–water partition coefficient (Wildman–Crippen LogP) is 1.51. The summed E-state index contributed by atoms with van der Waals surface area (Å²) in [5.74, 6) is -0.589. The van der Waals surface area contributed by atoms with Crippen molar-refractivity contribution >= 4 is 27.6 Å². The van der Waals surface area contributed by atoms with E-state index in [1.165, 1.54) is 16.4 Å². The normalized spacial score (nSPS) is 22.0. The zero-order valence-corrected chi connectivity index (χ0v) is 14.1. The zero-order chi connectivity index (χ0) is 16.6. The summed E-state index contributed by atoms with van der Waals surface area (Å²) in [6.45, 7) is 1.50. The van der Waals surface area contributed by atoms with Crippen molar-refractivity contribution in [2.24, 2.45) is 5.92 Å². The molecule has 1 aromatic rings. The van der Waals surface area contributed by atoms with Crippen LogP contribution in [0, 0.1) is 5.92 Å². The first-order valence-electron chi connectivity index (χ1n) is 7.62. The Labute approximate surface area is 140 Å². The summed E-state index contributed by atoms with van der Waals surface area (Å²) < 4.78 is 26.6. The summed E-state index contributed by atoms with van der Waals surface area (Å²) in [7, 11) is -3.55. The number of sulfonamides is 1. The first-order chi connectivity index (χ1) is 10.9. The molecule has 126 valence electrons. The van der Waals surface area contributed by atoms with Gasteiger partial charge in [-0.3, -0.25) is 9.69 Å². The van der Waals surface area contributed by atoms with Gasteiger partial charge in [-0.1, -0.05) is 11.6 Å². The van der Waals surface area contributed by atoms with Crippen LogP contribution in [0.4, 0.5) is 0 Å². The first-order valence-corrected chi connectivity index (χ1v) is 9.44. The second kappa shape index (κ2) is 6.39. The summed E-state index contributed by atoms with van der Waals surface area (Å²) in [5.41, 5.74) is 0. The highest BCUT2D eigenvalue weighted by atomic mass is 35.5. The number of nitrogens with zero attached hydrogens (tertiary/aromatic N) is 2. The van der Waals surface area contributed by atoms with Crippen molar-refractivity contribution in [3.63, 3.8) is 0 Å². The number of hydrogen-bond donors (Lipinski definition) is 1. The van der Waals surface area contributed by atoms with Crippen molar-refractivity contribution in [3.05, 3.63) is 29.3 Å². The van der Waals surface area contributed by atoms with Crippen LogP contribution >= 0.6 is 11.6 Å². The van der Waals surface area contributed by atoms with Gasteiger partial charge in [0.1, 0.15) is 6.04 Å². The zero-order valence-electron chi connectivity index (χ0n) is 12.6. The highest BCUT2D eigenvalue weighted by Gasteiger charge is 2.42. The van der Waals surface area contributed by atoms with Gasteiger partial charge < -0.3 is 5.11 Å². The van der Waals surface area contributed by atoms with Gasteiger partial charge in [0.2, 0.25) is 10.0 Å². The molecule has 2 fully saturated rings. The monoisotopic (exact) mass is 358 g/mol. The van der Waals surface area contributed by atoms with Gasteiger partial charge in [-0.2, -0.15) is 4.31 Å². The van der Waals surface area contributed by atoms with Gasteiger partial charge in [-0.15, -0.1) is 0 Å². The Morgan fingerprint density at radius 2 is 1.70 bits per heavy atom. The van der Waals surface area contributed by atoms with Crippen molar-refractivity contribution in [1.82, 2.24) is 9.21 Å². The smallest absolute Gasteiger partial charge is 0.321 e. The molecule has 1 N–H and O–H groups in total. The molecule has 1 aliphatic carbocycles. The highest BCUT2D eigenvalue weighted by Crippen LogP contribution is 2.36. The molecule has 6 nitrogen and oxygen atoms in total. The fraction of sp³-hybridized carbons (Fsp3) is 0.533. The second-order valence-electron chi connectivity index (χ2n) is 6.01. The SMILES string of the molecule is O=C(O)C(C1CC1)N1CCN(S(=O)(=O)c2ccc(Cl)cc2)CC1. The van der Waals surface area contributed by atoms with Crippen LogP contribution in [0.25, 0.3) is 0 Å². The largest absolute Gasteiger partial charge is 0.480 e. The minimum atomic E-state index is -3.55. The summed E-state index contributed by atoms with van der Waals surface area (Å²) in [6.07, 6.45) is 1.89. The number of carboxylic acids is 1. The van der Waals surface area contributed by atoms with E-state index in [9.17, 15) is 18.3 Å². The molecule has 1 aliphatic heterocycles. The highest BCUT2D eigenvalue weighted by molar-refractivity contribution is 7.89. The molecule has 1 heterocycles. The molecular formula is C15H19ClN2O4S. The summed E-state index contributed by atoms with van der Waals surface area (Å²) in [5, 5.41) is 9.87. The van der Waals surface area contributed by atoms with E-state index >= 15 is 0 Å². The maximum Gasteiger partial charge on any atom is 0.321 e. The molecule has 3 rings (SSSR count). The van der Waals surface area contributed by atoms with E-state index < -0.39 is 22.0 Å². The van der Waals surface area contributed by atoms with E-state index in [1.54, 1.807) is 12.1 Å². The van der Waals surface area contributed by atoms with Gasteiger partial charge >= 0.3 is 5.97 Å². The van der Waals surface area contributed by atoms with Crippen LogP contribution in [-0.2, 0) is 14.8 Å². The third kappa shape index (κ3) is 3.52. The first kappa shape index (κ1) is 16.7. The van der Waals surface area contributed by atoms with Crippen LogP contribution in [0.5, 0.6) is 0 Å². The molecule has 0 radical (unpaired) electrons. The quantitative estimate of drug-likeness (QED) is 0.863. The van der Waals surface area contributed by atoms with Crippen molar-refractivity contribution < 1.29 is 18.3 Å². The summed E-state index contributed by atoms with van der Waals surface area (Å²) >= 11 is 5.80. The molecule has 1 saturated heterocycles. The van der Waals surface area contributed by atoms with Crippen LogP contribution in [-0.4, -0.2) is 60.9 Å². The number of carbonyl (C=O) groups is 1. The standard InChI is InChI=1S/C15H19ClN2O4S/c16-12-3-5-13(6-4-12)23(21,22)18-9-7-17(8-10-18)14(15(19)20)11-1-2-11/h3-6,11,14H,1-2,7-10H2,(H,19,20). The van der Waals surface area contributed by atoms with Crippen LogP contribution < -0.4 is 0 Å². The average Bonchev–Trinajstić information content (AvgIpc) is 3.33. The van der Waals surface area contributed by atoms with E-state index in [0.717, 1.165) is 12.8 Å². The van der Waals surface area contributed by atoms with Crippen LogP contribution in [0.1, 0.15) is 12.8 Å². The van der Waals surface area contributed by atoms with Gasteiger partial charge in [0, 0.05) is 31.2 Å². The number of hydrogen-bond acceptors (Lipinski definition) is 4. The lowest BCUT2D eigenvalue weighted by Crippen LogP contribution is -2.54. The maximum absolute atomic E-state index is 12.6. The third-order valence-corrected chi connectivity index (χ3v) is 6.60. The molecule has 23 heavy (non-hydrogen) atoms. The van der Waals surface area contributed by atoms with E-state index in [2.05, 4.69) is 0 Å². The summed E-state index contributed by atoms with van der Waals surface area (Å²) in [6, 6.07) is 5.62. The van der Waals surface area contributed by atoms with Gasteiger partial charge in [-0.25, -0.2) is 8.42 Å². The molecule has 0 bridgehead atoms. The third-order valence-electron chi connectivity index (χ3n) is 4.44. The molecule has 0 amide bonds. The fourth-order valence-electron chi connectivity index (χ4n) is 3.05.